The Kier molecular flexibility index (Phi) is 7.94. The number of benzene rings is 2. The van der Waals surface area contributed by atoms with Crippen molar-refractivity contribution in [3.63, 3.8) is 0 Å². The normalized spacial score (nSPS) is 10.3. The van der Waals surface area contributed by atoms with Crippen LogP contribution in [-0.4, -0.2) is 25.0 Å². The third-order valence-corrected chi connectivity index (χ3v) is 4.27. The summed E-state index contributed by atoms with van der Waals surface area (Å²) < 4.78 is 6.35. The van der Waals surface area contributed by atoms with Gasteiger partial charge in [0.15, 0.2) is 0 Å². The summed E-state index contributed by atoms with van der Waals surface area (Å²) in [6, 6.07) is 12.7. The van der Waals surface area contributed by atoms with E-state index < -0.39 is 0 Å². The highest BCUT2D eigenvalue weighted by Crippen LogP contribution is 2.20. The third kappa shape index (κ3) is 7.06. The van der Waals surface area contributed by atoms with Crippen LogP contribution in [0, 0.1) is 6.92 Å². The Morgan fingerprint density at radius 3 is 2.69 bits per heavy atom. The van der Waals surface area contributed by atoms with Gasteiger partial charge in [0.1, 0.15) is 5.75 Å². The van der Waals surface area contributed by atoms with Crippen LogP contribution in [0.3, 0.4) is 0 Å². The predicted molar refractivity (Wildman–Crippen MR) is 107 cm³/mol. The Hall–Kier alpha value is -2.05. The summed E-state index contributed by atoms with van der Waals surface area (Å²) in [5.74, 6) is 0.300. The molecule has 2 aromatic carbocycles. The third-order valence-electron chi connectivity index (χ3n) is 3.54. The van der Waals surface area contributed by atoms with Crippen molar-refractivity contribution in [3.8, 4) is 5.75 Å². The van der Waals surface area contributed by atoms with Crippen LogP contribution in [0.25, 0.3) is 0 Å². The monoisotopic (exact) mass is 438 g/mol. The highest BCUT2D eigenvalue weighted by Gasteiger charge is 2.07. The average molecular weight is 440 g/mol. The van der Waals surface area contributed by atoms with Gasteiger partial charge in [-0.15, -0.1) is 0 Å². The number of aryl methyl sites for hydroxylation is 1. The number of rotatable bonds is 8. The van der Waals surface area contributed by atoms with Gasteiger partial charge in [0.25, 0.3) is 0 Å². The molecule has 0 saturated heterocycles. The molecule has 2 aromatic rings. The van der Waals surface area contributed by atoms with Crippen LogP contribution in [0.15, 0.2) is 46.9 Å². The summed E-state index contributed by atoms with van der Waals surface area (Å²) in [7, 11) is 0. The molecule has 5 nitrogen and oxygen atoms in total. The molecule has 2 N–H and O–H groups in total. The number of halogens is 2. The molecule has 26 heavy (non-hydrogen) atoms. The maximum atomic E-state index is 12.0. The summed E-state index contributed by atoms with van der Waals surface area (Å²) in [6.07, 6.45) is 0.408. The molecule has 0 bridgehead atoms. The molecule has 7 heteroatoms. The van der Waals surface area contributed by atoms with Gasteiger partial charge in [-0.3, -0.25) is 9.59 Å². The fraction of sp³-hybridized carbons (Fsp3) is 0.263. The lowest BCUT2D eigenvalue weighted by Gasteiger charge is -2.10. The van der Waals surface area contributed by atoms with Gasteiger partial charge < -0.3 is 15.4 Å². The Bertz CT molecular complexity index is 783. The lowest BCUT2D eigenvalue weighted by atomic mass is 10.2. The number of carbonyl (C=O) groups is 2. The van der Waals surface area contributed by atoms with Crippen molar-refractivity contribution in [1.82, 2.24) is 5.32 Å². The molecule has 0 aromatic heterocycles. The molecule has 138 valence electrons. The first kappa shape index (κ1) is 20.3. The molecule has 0 fully saturated rings. The average Bonchev–Trinajstić information content (AvgIpc) is 2.58. The van der Waals surface area contributed by atoms with Crippen molar-refractivity contribution >= 4 is 45.0 Å². The van der Waals surface area contributed by atoms with Crippen LogP contribution in [-0.2, 0) is 9.59 Å². The number of anilines is 1. The Labute approximate surface area is 166 Å². The Morgan fingerprint density at radius 1 is 1.12 bits per heavy atom. The molecular formula is C19H20BrClN2O3. The van der Waals surface area contributed by atoms with Gasteiger partial charge in [-0.25, -0.2) is 0 Å². The van der Waals surface area contributed by atoms with E-state index in [1.54, 1.807) is 24.3 Å². The predicted octanol–water partition coefficient (Wildman–Crippen LogP) is 4.32. The van der Waals surface area contributed by atoms with E-state index in [0.29, 0.717) is 10.8 Å². The Morgan fingerprint density at radius 2 is 1.92 bits per heavy atom. The zero-order valence-electron chi connectivity index (χ0n) is 14.4. The smallest absolute Gasteiger partial charge is 0.226 e. The highest BCUT2D eigenvalue weighted by molar-refractivity contribution is 9.10. The fourth-order valence-electron chi connectivity index (χ4n) is 2.16. The summed E-state index contributed by atoms with van der Waals surface area (Å²) in [4.78, 5) is 23.8. The van der Waals surface area contributed by atoms with Gasteiger partial charge in [-0.05, 0) is 42.8 Å². The molecule has 0 radical (unpaired) electrons. The summed E-state index contributed by atoms with van der Waals surface area (Å²) >= 11 is 9.24. The number of carbonyl (C=O) groups excluding carboxylic acids is 2. The molecule has 0 aliphatic carbocycles. The van der Waals surface area contributed by atoms with Gasteiger partial charge in [0, 0.05) is 28.1 Å². The quantitative estimate of drug-likeness (QED) is 0.643. The van der Waals surface area contributed by atoms with Crippen LogP contribution in [0.4, 0.5) is 5.69 Å². The standard InChI is InChI=1S/C19H20BrClN2O3/c1-13-5-6-14(20)11-17(13)23-19(25)7-9-22-18(24)8-10-26-16-4-2-3-15(21)12-16/h2-6,11-12H,7-10H2,1H3,(H,22,24)(H,23,25). The van der Waals surface area contributed by atoms with Crippen molar-refractivity contribution in [2.24, 2.45) is 0 Å². The van der Waals surface area contributed by atoms with E-state index in [-0.39, 0.29) is 37.8 Å². The zero-order chi connectivity index (χ0) is 18.9. The molecule has 2 amide bonds. The second-order valence-electron chi connectivity index (χ2n) is 5.66. The number of ether oxygens (including phenoxy) is 1. The first-order valence-electron chi connectivity index (χ1n) is 8.15. The van der Waals surface area contributed by atoms with E-state index in [1.165, 1.54) is 0 Å². The number of hydrogen-bond acceptors (Lipinski definition) is 3. The lowest BCUT2D eigenvalue weighted by molar-refractivity contribution is -0.121. The van der Waals surface area contributed by atoms with E-state index in [9.17, 15) is 9.59 Å². The first-order chi connectivity index (χ1) is 12.4. The lowest BCUT2D eigenvalue weighted by Crippen LogP contribution is -2.28. The minimum absolute atomic E-state index is 0.151. The van der Waals surface area contributed by atoms with Crippen molar-refractivity contribution in [1.29, 1.82) is 0 Å². The van der Waals surface area contributed by atoms with Crippen LogP contribution < -0.4 is 15.4 Å². The fourth-order valence-corrected chi connectivity index (χ4v) is 2.71. The molecule has 0 spiro atoms. The van der Waals surface area contributed by atoms with Gasteiger partial charge in [-0.2, -0.15) is 0 Å². The van der Waals surface area contributed by atoms with Crippen molar-refractivity contribution in [2.75, 3.05) is 18.5 Å². The van der Waals surface area contributed by atoms with E-state index >= 15 is 0 Å². The molecule has 0 atom stereocenters. The number of hydrogen-bond donors (Lipinski definition) is 2. The van der Waals surface area contributed by atoms with Crippen molar-refractivity contribution in [2.45, 2.75) is 19.8 Å². The molecule has 0 saturated carbocycles. The zero-order valence-corrected chi connectivity index (χ0v) is 16.7. The van der Waals surface area contributed by atoms with Crippen LogP contribution >= 0.6 is 27.5 Å². The molecule has 0 aliphatic rings. The largest absolute Gasteiger partial charge is 0.493 e. The minimum Gasteiger partial charge on any atom is -0.493 e. The van der Waals surface area contributed by atoms with Crippen LogP contribution in [0.2, 0.25) is 5.02 Å². The Balaban J connectivity index is 1.64. The molecular weight excluding hydrogens is 420 g/mol. The molecule has 0 unspecified atom stereocenters. The van der Waals surface area contributed by atoms with E-state index in [1.807, 2.05) is 25.1 Å². The molecule has 0 heterocycles. The minimum atomic E-state index is -0.168. The topological polar surface area (TPSA) is 67.4 Å². The summed E-state index contributed by atoms with van der Waals surface area (Å²) in [5.41, 5.74) is 1.73. The van der Waals surface area contributed by atoms with Crippen molar-refractivity contribution in [3.05, 3.63) is 57.5 Å². The number of amides is 2. The van der Waals surface area contributed by atoms with Gasteiger partial charge in [0.05, 0.1) is 13.0 Å². The maximum absolute atomic E-state index is 12.0. The van der Waals surface area contributed by atoms with E-state index in [2.05, 4.69) is 26.6 Å². The second kappa shape index (κ2) is 10.2. The van der Waals surface area contributed by atoms with Gasteiger partial charge in [0.2, 0.25) is 11.8 Å². The van der Waals surface area contributed by atoms with E-state index in [0.717, 1.165) is 15.7 Å². The van der Waals surface area contributed by atoms with Gasteiger partial charge in [-0.1, -0.05) is 39.7 Å². The van der Waals surface area contributed by atoms with E-state index in [4.69, 9.17) is 16.3 Å². The van der Waals surface area contributed by atoms with Crippen molar-refractivity contribution < 1.29 is 14.3 Å². The second-order valence-corrected chi connectivity index (χ2v) is 7.02. The first-order valence-corrected chi connectivity index (χ1v) is 9.32. The van der Waals surface area contributed by atoms with Gasteiger partial charge >= 0.3 is 0 Å². The molecule has 2 rings (SSSR count). The summed E-state index contributed by atoms with van der Waals surface area (Å²) in [6.45, 7) is 2.44. The van der Waals surface area contributed by atoms with Crippen LogP contribution in [0.1, 0.15) is 18.4 Å². The SMILES string of the molecule is Cc1ccc(Br)cc1NC(=O)CCNC(=O)CCOc1cccc(Cl)c1. The van der Waals surface area contributed by atoms with Crippen LogP contribution in [0.5, 0.6) is 5.75 Å². The summed E-state index contributed by atoms with van der Waals surface area (Å²) in [5, 5.41) is 6.13. The molecule has 0 aliphatic heterocycles. The maximum Gasteiger partial charge on any atom is 0.226 e. The number of nitrogens with one attached hydrogen (secondary N) is 2. The highest BCUT2D eigenvalue weighted by atomic mass is 79.9.